The summed E-state index contributed by atoms with van der Waals surface area (Å²) in [7, 11) is 0. The van der Waals surface area contributed by atoms with E-state index in [2.05, 4.69) is 22.0 Å². The Morgan fingerprint density at radius 2 is 2.00 bits per heavy atom. The standard InChI is InChI=1S/C22H12BrN3O4/c23-15-5-8-18(20(11-15)26(28)29)21-9-6-16(30-21)7-10-22(27)25-13-14(12-24)17-3-1-2-4-19(17)25/h1-11,13H/b10-7+. The zero-order valence-electron chi connectivity index (χ0n) is 15.3. The van der Waals surface area contributed by atoms with Crippen LogP contribution in [-0.2, 0) is 0 Å². The molecule has 2 aromatic carbocycles. The molecule has 0 aliphatic carbocycles. The molecule has 2 aromatic heterocycles. The Labute approximate surface area is 178 Å². The molecule has 30 heavy (non-hydrogen) atoms. The molecule has 7 nitrogen and oxygen atoms in total. The number of fused-ring (bicyclic) bond motifs is 1. The number of nitro groups is 1. The molecule has 0 spiro atoms. The van der Waals surface area contributed by atoms with Crippen molar-refractivity contribution in [2.45, 2.75) is 0 Å². The Hall–Kier alpha value is -3.96. The van der Waals surface area contributed by atoms with Crippen LogP contribution in [-0.4, -0.2) is 15.4 Å². The lowest BCUT2D eigenvalue weighted by Crippen LogP contribution is -2.04. The van der Waals surface area contributed by atoms with Crippen molar-refractivity contribution in [3.05, 3.63) is 92.8 Å². The molecule has 0 saturated heterocycles. The van der Waals surface area contributed by atoms with Gasteiger partial charge < -0.3 is 4.42 Å². The summed E-state index contributed by atoms with van der Waals surface area (Å²) in [5.41, 5.74) is 1.29. The topological polar surface area (TPSA) is 102 Å². The number of nitriles is 1. The van der Waals surface area contributed by atoms with E-state index in [0.717, 1.165) is 0 Å². The van der Waals surface area contributed by atoms with Crippen LogP contribution in [0.3, 0.4) is 0 Å². The van der Waals surface area contributed by atoms with Crippen LogP contribution < -0.4 is 0 Å². The van der Waals surface area contributed by atoms with Gasteiger partial charge in [-0.1, -0.05) is 34.1 Å². The third-order valence-electron chi connectivity index (χ3n) is 4.51. The van der Waals surface area contributed by atoms with E-state index in [4.69, 9.17) is 4.42 Å². The number of furan rings is 1. The first-order chi connectivity index (χ1) is 14.5. The van der Waals surface area contributed by atoms with E-state index >= 15 is 0 Å². The number of nitro benzene ring substituents is 1. The number of carbonyl (C=O) groups is 1. The van der Waals surface area contributed by atoms with E-state index in [-0.39, 0.29) is 11.6 Å². The lowest BCUT2D eigenvalue weighted by atomic mass is 10.1. The maximum absolute atomic E-state index is 12.6. The van der Waals surface area contributed by atoms with Gasteiger partial charge in [0.05, 0.1) is 21.6 Å². The summed E-state index contributed by atoms with van der Waals surface area (Å²) in [5.74, 6) is 0.340. The minimum atomic E-state index is -0.481. The number of rotatable bonds is 4. The van der Waals surface area contributed by atoms with Crippen LogP contribution in [0, 0.1) is 21.4 Å². The summed E-state index contributed by atoms with van der Waals surface area (Å²) in [4.78, 5) is 23.5. The van der Waals surface area contributed by atoms with Crippen LogP contribution in [0.25, 0.3) is 28.3 Å². The molecule has 0 amide bonds. The molecule has 0 radical (unpaired) electrons. The molecule has 4 rings (SSSR count). The number of benzene rings is 2. The minimum absolute atomic E-state index is 0.0897. The number of nitrogens with zero attached hydrogens (tertiary/aromatic N) is 3. The Kier molecular flexibility index (Phi) is 5.04. The minimum Gasteiger partial charge on any atom is -0.456 e. The van der Waals surface area contributed by atoms with Crippen molar-refractivity contribution in [3.63, 3.8) is 0 Å². The van der Waals surface area contributed by atoms with Crippen molar-refractivity contribution in [1.82, 2.24) is 4.57 Å². The van der Waals surface area contributed by atoms with Crippen molar-refractivity contribution in [2.24, 2.45) is 0 Å². The second kappa shape index (κ2) is 7.81. The van der Waals surface area contributed by atoms with E-state index in [1.54, 1.807) is 48.5 Å². The van der Waals surface area contributed by atoms with Gasteiger partial charge in [0.25, 0.3) is 11.6 Å². The van der Waals surface area contributed by atoms with Gasteiger partial charge in [-0.2, -0.15) is 5.26 Å². The number of para-hydroxylation sites is 1. The van der Waals surface area contributed by atoms with E-state index in [1.165, 1.54) is 29.0 Å². The molecule has 0 aliphatic rings. The fourth-order valence-electron chi connectivity index (χ4n) is 3.14. The molecule has 0 unspecified atom stereocenters. The Balaban J connectivity index is 1.63. The third kappa shape index (κ3) is 3.54. The van der Waals surface area contributed by atoms with Crippen molar-refractivity contribution in [3.8, 4) is 17.4 Å². The summed E-state index contributed by atoms with van der Waals surface area (Å²) in [5, 5.41) is 21.3. The fraction of sp³-hybridized carbons (Fsp3) is 0. The summed E-state index contributed by atoms with van der Waals surface area (Å²) >= 11 is 3.22. The molecule has 0 aliphatic heterocycles. The van der Waals surface area contributed by atoms with Crippen molar-refractivity contribution >= 4 is 44.5 Å². The van der Waals surface area contributed by atoms with Gasteiger partial charge in [0.1, 0.15) is 17.6 Å². The first kappa shape index (κ1) is 19.4. The molecule has 0 atom stereocenters. The van der Waals surface area contributed by atoms with Gasteiger partial charge in [0.2, 0.25) is 0 Å². The molecule has 0 N–H and O–H groups in total. The molecule has 0 saturated carbocycles. The van der Waals surface area contributed by atoms with Gasteiger partial charge in [-0.05, 0) is 36.4 Å². The van der Waals surface area contributed by atoms with Crippen LogP contribution in [0.5, 0.6) is 0 Å². The molecule has 0 fully saturated rings. The normalized spacial score (nSPS) is 11.1. The van der Waals surface area contributed by atoms with Crippen molar-refractivity contribution < 1.29 is 14.1 Å². The lowest BCUT2D eigenvalue weighted by Gasteiger charge is -2.00. The average Bonchev–Trinajstić information content (AvgIpc) is 3.36. The first-order valence-corrected chi connectivity index (χ1v) is 9.54. The predicted octanol–water partition coefficient (Wildman–Crippen LogP) is 5.80. The number of allylic oxidation sites excluding steroid dienone is 1. The Morgan fingerprint density at radius 1 is 1.20 bits per heavy atom. The van der Waals surface area contributed by atoms with Crippen molar-refractivity contribution in [1.29, 1.82) is 5.26 Å². The quantitative estimate of drug-likeness (QED) is 0.217. The van der Waals surface area contributed by atoms with E-state index < -0.39 is 4.92 Å². The first-order valence-electron chi connectivity index (χ1n) is 8.74. The summed E-state index contributed by atoms with van der Waals surface area (Å²) in [6, 6.07) is 17.1. The number of aromatic nitrogens is 1. The zero-order valence-corrected chi connectivity index (χ0v) is 16.9. The fourth-order valence-corrected chi connectivity index (χ4v) is 3.49. The van der Waals surface area contributed by atoms with E-state index in [9.17, 15) is 20.2 Å². The van der Waals surface area contributed by atoms with Crippen molar-refractivity contribution in [2.75, 3.05) is 0 Å². The lowest BCUT2D eigenvalue weighted by molar-refractivity contribution is -0.384. The van der Waals surface area contributed by atoms with Crippen LogP contribution in [0.1, 0.15) is 16.1 Å². The molecular formula is C22H12BrN3O4. The van der Waals surface area contributed by atoms with Crippen LogP contribution in [0.2, 0.25) is 0 Å². The molecular weight excluding hydrogens is 450 g/mol. The highest BCUT2D eigenvalue weighted by atomic mass is 79.9. The van der Waals surface area contributed by atoms with Crippen LogP contribution >= 0.6 is 15.9 Å². The third-order valence-corrected chi connectivity index (χ3v) is 5.00. The Bertz CT molecular complexity index is 1370. The van der Waals surface area contributed by atoms with Gasteiger partial charge in [0.15, 0.2) is 0 Å². The highest BCUT2D eigenvalue weighted by Gasteiger charge is 2.18. The second-order valence-electron chi connectivity index (χ2n) is 6.33. The Morgan fingerprint density at radius 3 is 2.77 bits per heavy atom. The number of carbonyl (C=O) groups excluding carboxylic acids is 1. The number of hydrogen-bond acceptors (Lipinski definition) is 5. The maximum Gasteiger partial charge on any atom is 0.281 e. The molecule has 2 heterocycles. The SMILES string of the molecule is N#Cc1cn(C(=O)/C=C/c2ccc(-c3ccc(Br)cc3[N+](=O)[O-])o2)c2ccccc12. The molecule has 146 valence electrons. The van der Waals surface area contributed by atoms with E-state index in [0.29, 0.717) is 38.0 Å². The van der Waals surface area contributed by atoms with Gasteiger partial charge in [-0.3, -0.25) is 19.5 Å². The smallest absolute Gasteiger partial charge is 0.281 e. The van der Waals surface area contributed by atoms with Gasteiger partial charge >= 0.3 is 0 Å². The van der Waals surface area contributed by atoms with Gasteiger partial charge in [0, 0.05) is 28.2 Å². The van der Waals surface area contributed by atoms with Crippen LogP contribution in [0.4, 0.5) is 5.69 Å². The number of halogens is 1. The highest BCUT2D eigenvalue weighted by molar-refractivity contribution is 9.10. The van der Waals surface area contributed by atoms with Gasteiger partial charge in [-0.25, -0.2) is 0 Å². The van der Waals surface area contributed by atoms with Crippen LogP contribution in [0.15, 0.2) is 75.8 Å². The summed E-state index contributed by atoms with van der Waals surface area (Å²) < 4.78 is 7.67. The monoisotopic (exact) mass is 461 g/mol. The summed E-state index contributed by atoms with van der Waals surface area (Å²) in [6.07, 6.45) is 4.31. The molecule has 4 aromatic rings. The van der Waals surface area contributed by atoms with Gasteiger partial charge in [-0.15, -0.1) is 0 Å². The average molecular weight is 462 g/mol. The maximum atomic E-state index is 12.6. The zero-order chi connectivity index (χ0) is 21.3. The highest BCUT2D eigenvalue weighted by Crippen LogP contribution is 2.33. The largest absolute Gasteiger partial charge is 0.456 e. The second-order valence-corrected chi connectivity index (χ2v) is 7.25. The molecule has 8 heteroatoms. The molecule has 0 bridgehead atoms. The summed E-state index contributed by atoms with van der Waals surface area (Å²) in [6.45, 7) is 0. The number of hydrogen-bond donors (Lipinski definition) is 0. The van der Waals surface area contributed by atoms with E-state index in [1.807, 2.05) is 0 Å². The predicted molar refractivity (Wildman–Crippen MR) is 115 cm³/mol.